The van der Waals surface area contributed by atoms with Gasteiger partial charge in [0.2, 0.25) is 0 Å². The van der Waals surface area contributed by atoms with Crippen LogP contribution in [0.5, 0.6) is 0 Å². The summed E-state index contributed by atoms with van der Waals surface area (Å²) in [6, 6.07) is 0. The molecule has 0 aromatic carbocycles. The molecule has 0 aliphatic carbocycles. The van der Waals surface area contributed by atoms with Gasteiger partial charge >= 0.3 is 0 Å². The lowest BCUT2D eigenvalue weighted by Gasteiger charge is -2.20. The fourth-order valence-electron chi connectivity index (χ4n) is 2.21. The van der Waals surface area contributed by atoms with Gasteiger partial charge in [0.05, 0.1) is 0 Å². The van der Waals surface area contributed by atoms with Gasteiger partial charge in [-0.3, -0.25) is 20.5 Å². The van der Waals surface area contributed by atoms with E-state index < -0.39 is 11.9 Å². The first kappa shape index (κ1) is 28.0. The summed E-state index contributed by atoms with van der Waals surface area (Å²) < 4.78 is 0. The molecule has 1 aromatic heterocycles. The second-order valence-corrected chi connectivity index (χ2v) is 5.94. The van der Waals surface area contributed by atoms with Gasteiger partial charge in [-0.2, -0.15) is 0 Å². The summed E-state index contributed by atoms with van der Waals surface area (Å²) in [4.78, 5) is 21.2. The largest absolute Gasteiger partial charge is 0.382 e. The molecule has 0 fully saturated rings. The molecule has 0 unspecified atom stereocenters. The van der Waals surface area contributed by atoms with Crippen LogP contribution in [0.2, 0.25) is 5.15 Å². The van der Waals surface area contributed by atoms with Gasteiger partial charge in [-0.25, -0.2) is 9.97 Å². The first-order valence-corrected chi connectivity index (χ1v) is 8.44. The van der Waals surface area contributed by atoms with Gasteiger partial charge in [0, 0.05) is 13.1 Å². The SMILES string of the molecule is Cl.Cl.N=C(N)NCCCCCCCN(C(=N)N)C(=O)c1nc(Cl)c(N)nc1N. The monoisotopic (exact) mass is 456 g/mol. The molecule has 0 saturated heterocycles. The number of aromatic nitrogens is 2. The van der Waals surface area contributed by atoms with Crippen LogP contribution >= 0.6 is 36.4 Å². The molecule has 1 rings (SSSR count). The Bertz CT molecular complexity index is 673. The smallest absolute Gasteiger partial charge is 0.283 e. The van der Waals surface area contributed by atoms with Crippen molar-refractivity contribution in [2.24, 2.45) is 11.5 Å². The third-order valence-electron chi connectivity index (χ3n) is 3.52. The molecule has 0 spiro atoms. The molecule has 1 amide bonds. The third-order valence-corrected chi connectivity index (χ3v) is 3.80. The Morgan fingerprint density at radius 3 is 2.14 bits per heavy atom. The molecule has 14 heteroatoms. The first-order chi connectivity index (χ1) is 12.2. The van der Waals surface area contributed by atoms with Crippen LogP contribution in [0.3, 0.4) is 0 Å². The van der Waals surface area contributed by atoms with E-state index in [9.17, 15) is 4.79 Å². The number of guanidine groups is 2. The van der Waals surface area contributed by atoms with Crippen molar-refractivity contribution in [2.45, 2.75) is 32.1 Å². The van der Waals surface area contributed by atoms with E-state index in [4.69, 9.17) is 45.4 Å². The van der Waals surface area contributed by atoms with E-state index in [1.165, 1.54) is 0 Å². The number of nitrogens with zero attached hydrogens (tertiary/aromatic N) is 3. The fraction of sp³-hybridized carbons (Fsp3) is 0.500. The topological polar surface area (TPSA) is 210 Å². The number of nitrogens with one attached hydrogen (secondary N) is 3. The number of hydrogen-bond donors (Lipinski definition) is 7. The van der Waals surface area contributed by atoms with Crippen molar-refractivity contribution in [1.29, 1.82) is 10.8 Å². The van der Waals surface area contributed by atoms with Gasteiger partial charge in [-0.1, -0.05) is 30.9 Å². The van der Waals surface area contributed by atoms with E-state index in [1.807, 2.05) is 0 Å². The van der Waals surface area contributed by atoms with Crippen LogP contribution in [0.4, 0.5) is 11.6 Å². The number of rotatable bonds is 9. The summed E-state index contributed by atoms with van der Waals surface area (Å²) in [5.41, 5.74) is 21.7. The minimum atomic E-state index is -0.643. The van der Waals surface area contributed by atoms with Gasteiger partial charge in [0.25, 0.3) is 5.91 Å². The Balaban J connectivity index is 0. The average Bonchev–Trinajstić information content (AvgIpc) is 2.55. The van der Waals surface area contributed by atoms with Crippen LogP contribution in [0.1, 0.15) is 42.6 Å². The van der Waals surface area contributed by atoms with E-state index >= 15 is 0 Å². The second-order valence-electron chi connectivity index (χ2n) is 5.58. The second kappa shape index (κ2) is 13.9. The van der Waals surface area contributed by atoms with Gasteiger partial charge in [-0.15, -0.1) is 24.8 Å². The van der Waals surface area contributed by atoms with Gasteiger partial charge in [0.15, 0.2) is 34.4 Å². The van der Waals surface area contributed by atoms with Crippen LogP contribution in [0.25, 0.3) is 0 Å². The quantitative estimate of drug-likeness (QED) is 0.160. The fourth-order valence-corrected chi connectivity index (χ4v) is 2.33. The van der Waals surface area contributed by atoms with E-state index in [2.05, 4.69) is 15.3 Å². The summed E-state index contributed by atoms with van der Waals surface area (Å²) in [6.45, 7) is 0.909. The van der Waals surface area contributed by atoms with Crippen molar-refractivity contribution in [3.05, 3.63) is 10.8 Å². The molecule has 0 aliphatic heterocycles. The van der Waals surface area contributed by atoms with E-state index in [0.29, 0.717) is 13.0 Å². The van der Waals surface area contributed by atoms with Crippen molar-refractivity contribution < 1.29 is 4.79 Å². The summed E-state index contributed by atoms with van der Waals surface area (Å²) in [6.07, 6.45) is 4.29. The molecule has 28 heavy (non-hydrogen) atoms. The lowest BCUT2D eigenvalue weighted by atomic mass is 10.1. The molecule has 11 nitrogen and oxygen atoms in total. The zero-order chi connectivity index (χ0) is 19.7. The lowest BCUT2D eigenvalue weighted by molar-refractivity contribution is 0.0838. The number of anilines is 2. The van der Waals surface area contributed by atoms with E-state index in [0.717, 1.165) is 30.6 Å². The molecule has 0 aliphatic rings. The summed E-state index contributed by atoms with van der Waals surface area (Å²) >= 11 is 5.78. The highest BCUT2D eigenvalue weighted by Crippen LogP contribution is 2.19. The molecule has 0 bridgehead atoms. The number of carbonyl (C=O) groups excluding carboxylic acids is 1. The molecule has 0 saturated carbocycles. The zero-order valence-electron chi connectivity index (χ0n) is 15.2. The van der Waals surface area contributed by atoms with Gasteiger partial charge < -0.3 is 28.3 Å². The molecule has 11 N–H and O–H groups in total. The van der Waals surface area contributed by atoms with Crippen LogP contribution < -0.4 is 28.3 Å². The molecular weight excluding hydrogens is 431 g/mol. The highest BCUT2D eigenvalue weighted by atomic mass is 35.5. The number of halogens is 3. The van der Waals surface area contributed by atoms with E-state index in [-0.39, 0.29) is 59.8 Å². The van der Waals surface area contributed by atoms with Crippen molar-refractivity contribution in [3.8, 4) is 0 Å². The number of unbranched alkanes of at least 4 members (excludes halogenated alkanes) is 4. The summed E-state index contributed by atoms with van der Waals surface area (Å²) in [7, 11) is 0. The minimum absolute atomic E-state index is 0. The maximum absolute atomic E-state index is 12.5. The standard InChI is InChI=1S/C14H25ClN10O.2ClH/c15-9-11(17)24-10(16)8(23-9)12(26)25(14(20)21)7-5-3-1-2-4-6-22-13(18)19;;/h1-7H2,(H3,20,21)(H4,16,17,24)(H4,18,19,22);2*1H. The van der Waals surface area contributed by atoms with Crippen LogP contribution in [-0.2, 0) is 0 Å². The number of hydrogen-bond acceptors (Lipinski definition) is 7. The highest BCUT2D eigenvalue weighted by Gasteiger charge is 2.23. The van der Waals surface area contributed by atoms with Crippen molar-refractivity contribution in [2.75, 3.05) is 24.6 Å². The normalized spacial score (nSPS) is 9.61. The minimum Gasteiger partial charge on any atom is -0.382 e. The predicted octanol–water partition coefficient (Wildman–Crippen LogP) is 0.907. The number of nitrogen functional groups attached to an aromatic ring is 2. The van der Waals surface area contributed by atoms with Crippen molar-refractivity contribution >= 4 is 65.9 Å². The van der Waals surface area contributed by atoms with E-state index in [1.54, 1.807) is 0 Å². The molecule has 0 atom stereocenters. The maximum Gasteiger partial charge on any atom is 0.283 e. The van der Waals surface area contributed by atoms with Crippen molar-refractivity contribution in [3.63, 3.8) is 0 Å². The summed E-state index contributed by atoms with van der Waals surface area (Å²) in [5.74, 6) is -1.33. The molecule has 0 radical (unpaired) electrons. The molecular formula is C14H27Cl3N10O. The molecule has 160 valence electrons. The Morgan fingerprint density at radius 2 is 1.57 bits per heavy atom. The van der Waals surface area contributed by atoms with Crippen molar-refractivity contribution in [1.82, 2.24) is 20.2 Å². The Morgan fingerprint density at radius 1 is 1.00 bits per heavy atom. The Labute approximate surface area is 180 Å². The predicted molar refractivity (Wildman–Crippen MR) is 116 cm³/mol. The van der Waals surface area contributed by atoms with Crippen LogP contribution in [-0.4, -0.2) is 45.8 Å². The van der Waals surface area contributed by atoms with Gasteiger partial charge in [-0.05, 0) is 12.8 Å². The Hall–Kier alpha value is -2.24. The third kappa shape index (κ3) is 9.11. The van der Waals surface area contributed by atoms with Crippen LogP contribution in [0, 0.1) is 10.8 Å². The zero-order valence-corrected chi connectivity index (χ0v) is 17.6. The number of amides is 1. The first-order valence-electron chi connectivity index (χ1n) is 8.06. The number of carbonyl (C=O) groups is 1. The lowest BCUT2D eigenvalue weighted by Crippen LogP contribution is -2.42. The van der Waals surface area contributed by atoms with Gasteiger partial charge in [0.1, 0.15) is 0 Å². The molecule has 1 aromatic rings. The highest BCUT2D eigenvalue weighted by molar-refractivity contribution is 6.31. The number of nitrogens with two attached hydrogens (primary N) is 4. The summed E-state index contributed by atoms with van der Waals surface area (Å²) in [5, 5.41) is 17.2. The maximum atomic E-state index is 12.5. The Kier molecular flexibility index (Phi) is 13.8. The average molecular weight is 458 g/mol. The molecule has 1 heterocycles. The van der Waals surface area contributed by atoms with Crippen LogP contribution in [0.15, 0.2) is 0 Å².